The van der Waals surface area contributed by atoms with E-state index < -0.39 is 5.60 Å². The summed E-state index contributed by atoms with van der Waals surface area (Å²) in [5.41, 5.74) is 6.01. The van der Waals surface area contributed by atoms with Crippen LogP contribution in [0.15, 0.2) is 42.5 Å². The number of amides is 1. The van der Waals surface area contributed by atoms with Crippen molar-refractivity contribution in [3.05, 3.63) is 42.5 Å². The summed E-state index contributed by atoms with van der Waals surface area (Å²) in [6, 6.07) is 14.1. The minimum absolute atomic E-state index is 0.0799. The number of carbonyl (C=O) groups is 1. The number of benzene rings is 2. The second-order valence-corrected chi connectivity index (χ2v) is 5.42. The highest BCUT2D eigenvalue weighted by Crippen LogP contribution is 2.35. The molecule has 3 rings (SSSR count). The Labute approximate surface area is 124 Å². The van der Waals surface area contributed by atoms with Gasteiger partial charge >= 0.3 is 0 Å². The van der Waals surface area contributed by atoms with Gasteiger partial charge in [0.25, 0.3) is 5.91 Å². The standard InChI is InChI=1S/C17H20N2O2/c1-2-21-17(10-5-11-17)16(20)19-18-15-9-8-13-6-3-4-7-14(13)12-15/h3-4,6-9,12,18H,2,5,10-11H2,1H3,(H,19,20). The Hall–Kier alpha value is -2.07. The predicted octanol–water partition coefficient (Wildman–Crippen LogP) is 3.24. The lowest BCUT2D eigenvalue weighted by Gasteiger charge is -2.39. The van der Waals surface area contributed by atoms with E-state index in [9.17, 15) is 4.79 Å². The van der Waals surface area contributed by atoms with Crippen LogP contribution in [0.4, 0.5) is 5.69 Å². The molecule has 1 amide bonds. The summed E-state index contributed by atoms with van der Waals surface area (Å²) >= 11 is 0. The fraction of sp³-hybridized carbons (Fsp3) is 0.353. The van der Waals surface area contributed by atoms with Crippen LogP contribution in [-0.4, -0.2) is 18.1 Å². The number of carbonyl (C=O) groups excluding carboxylic acids is 1. The molecule has 0 bridgehead atoms. The van der Waals surface area contributed by atoms with E-state index in [0.717, 1.165) is 30.3 Å². The number of anilines is 1. The van der Waals surface area contributed by atoms with Crippen LogP contribution in [-0.2, 0) is 9.53 Å². The van der Waals surface area contributed by atoms with Gasteiger partial charge in [-0.1, -0.05) is 30.3 Å². The maximum absolute atomic E-state index is 12.3. The van der Waals surface area contributed by atoms with Crippen LogP contribution in [0.2, 0.25) is 0 Å². The molecule has 1 fully saturated rings. The fourth-order valence-corrected chi connectivity index (χ4v) is 2.72. The first-order chi connectivity index (χ1) is 10.2. The van der Waals surface area contributed by atoms with Crippen molar-refractivity contribution in [2.24, 2.45) is 0 Å². The van der Waals surface area contributed by atoms with Crippen molar-refractivity contribution in [1.82, 2.24) is 5.43 Å². The molecular formula is C17H20N2O2. The number of rotatable bonds is 5. The first kappa shape index (κ1) is 13.9. The lowest BCUT2D eigenvalue weighted by atomic mass is 9.79. The zero-order valence-corrected chi connectivity index (χ0v) is 12.2. The second-order valence-electron chi connectivity index (χ2n) is 5.42. The summed E-state index contributed by atoms with van der Waals surface area (Å²) in [6.45, 7) is 2.48. The zero-order valence-electron chi connectivity index (χ0n) is 12.2. The second kappa shape index (κ2) is 5.74. The molecule has 0 radical (unpaired) electrons. The molecule has 0 aromatic heterocycles. The number of hydrogen-bond donors (Lipinski definition) is 2. The summed E-state index contributed by atoms with van der Waals surface area (Å²) < 4.78 is 5.63. The van der Waals surface area contributed by atoms with E-state index >= 15 is 0 Å². The molecule has 1 aliphatic rings. The molecule has 0 aliphatic heterocycles. The van der Waals surface area contributed by atoms with Crippen molar-refractivity contribution in [2.75, 3.05) is 12.0 Å². The zero-order chi connectivity index (χ0) is 14.7. The molecule has 21 heavy (non-hydrogen) atoms. The van der Waals surface area contributed by atoms with Crippen molar-refractivity contribution >= 4 is 22.4 Å². The average Bonchev–Trinajstić information content (AvgIpc) is 2.48. The van der Waals surface area contributed by atoms with E-state index in [2.05, 4.69) is 23.0 Å². The minimum atomic E-state index is -0.626. The van der Waals surface area contributed by atoms with E-state index in [-0.39, 0.29) is 5.91 Å². The van der Waals surface area contributed by atoms with Crippen molar-refractivity contribution in [3.63, 3.8) is 0 Å². The van der Waals surface area contributed by atoms with Crippen LogP contribution >= 0.6 is 0 Å². The number of hydrazine groups is 1. The monoisotopic (exact) mass is 284 g/mol. The first-order valence-corrected chi connectivity index (χ1v) is 7.43. The van der Waals surface area contributed by atoms with Gasteiger partial charge in [-0.15, -0.1) is 0 Å². The normalized spacial score (nSPS) is 16.2. The van der Waals surface area contributed by atoms with Gasteiger partial charge in [0.15, 0.2) is 0 Å². The number of nitrogens with one attached hydrogen (secondary N) is 2. The van der Waals surface area contributed by atoms with Crippen LogP contribution in [0.1, 0.15) is 26.2 Å². The Bertz CT molecular complexity index is 650. The van der Waals surface area contributed by atoms with Gasteiger partial charge < -0.3 is 4.74 Å². The predicted molar refractivity (Wildman–Crippen MR) is 83.9 cm³/mol. The quantitative estimate of drug-likeness (QED) is 0.829. The van der Waals surface area contributed by atoms with Crippen LogP contribution < -0.4 is 10.9 Å². The molecule has 2 N–H and O–H groups in total. The van der Waals surface area contributed by atoms with E-state index in [0.29, 0.717) is 6.61 Å². The number of ether oxygens (including phenoxy) is 1. The minimum Gasteiger partial charge on any atom is -0.365 e. The first-order valence-electron chi connectivity index (χ1n) is 7.43. The lowest BCUT2D eigenvalue weighted by Crippen LogP contribution is -2.55. The highest BCUT2D eigenvalue weighted by atomic mass is 16.5. The topological polar surface area (TPSA) is 50.4 Å². The van der Waals surface area contributed by atoms with Crippen molar-refractivity contribution in [1.29, 1.82) is 0 Å². The van der Waals surface area contributed by atoms with Gasteiger partial charge in [0, 0.05) is 6.61 Å². The molecule has 0 saturated heterocycles. The fourth-order valence-electron chi connectivity index (χ4n) is 2.72. The third kappa shape index (κ3) is 2.72. The van der Waals surface area contributed by atoms with Crippen LogP contribution in [0.25, 0.3) is 10.8 Å². The van der Waals surface area contributed by atoms with Gasteiger partial charge in [-0.2, -0.15) is 0 Å². The Kier molecular flexibility index (Phi) is 3.80. The number of hydrogen-bond acceptors (Lipinski definition) is 3. The van der Waals surface area contributed by atoms with Gasteiger partial charge in [-0.3, -0.25) is 15.6 Å². The molecule has 2 aromatic carbocycles. The van der Waals surface area contributed by atoms with E-state index in [1.165, 1.54) is 5.39 Å². The van der Waals surface area contributed by atoms with Gasteiger partial charge in [-0.25, -0.2) is 0 Å². The Morgan fingerprint density at radius 2 is 1.95 bits per heavy atom. The molecule has 4 nitrogen and oxygen atoms in total. The third-order valence-corrected chi connectivity index (χ3v) is 4.07. The summed E-state index contributed by atoms with van der Waals surface area (Å²) in [5.74, 6) is -0.0799. The SMILES string of the molecule is CCOC1(C(=O)NNc2ccc3ccccc3c2)CCC1. The number of fused-ring (bicyclic) bond motifs is 1. The van der Waals surface area contributed by atoms with Gasteiger partial charge in [0.2, 0.25) is 0 Å². The van der Waals surface area contributed by atoms with Gasteiger partial charge in [0.05, 0.1) is 5.69 Å². The summed E-state index contributed by atoms with van der Waals surface area (Å²) in [4.78, 5) is 12.3. The molecule has 0 unspecified atom stereocenters. The molecule has 2 aromatic rings. The Morgan fingerprint density at radius 3 is 2.62 bits per heavy atom. The molecule has 1 aliphatic carbocycles. The molecule has 0 spiro atoms. The molecule has 0 heterocycles. The average molecular weight is 284 g/mol. The summed E-state index contributed by atoms with van der Waals surface area (Å²) in [7, 11) is 0. The maximum atomic E-state index is 12.3. The smallest absolute Gasteiger partial charge is 0.270 e. The van der Waals surface area contributed by atoms with E-state index in [4.69, 9.17) is 4.74 Å². The molecule has 110 valence electrons. The molecule has 4 heteroatoms. The Morgan fingerprint density at radius 1 is 1.19 bits per heavy atom. The van der Waals surface area contributed by atoms with Crippen LogP contribution in [0, 0.1) is 0 Å². The molecule has 1 saturated carbocycles. The van der Waals surface area contributed by atoms with Crippen LogP contribution in [0.5, 0.6) is 0 Å². The van der Waals surface area contributed by atoms with E-state index in [1.54, 1.807) is 0 Å². The van der Waals surface area contributed by atoms with Gasteiger partial charge in [-0.05, 0) is 49.1 Å². The highest BCUT2D eigenvalue weighted by molar-refractivity contribution is 5.89. The van der Waals surface area contributed by atoms with Crippen LogP contribution in [0.3, 0.4) is 0 Å². The van der Waals surface area contributed by atoms with E-state index in [1.807, 2.05) is 37.3 Å². The lowest BCUT2D eigenvalue weighted by molar-refractivity contribution is -0.158. The molecule has 0 atom stereocenters. The Balaban J connectivity index is 1.67. The maximum Gasteiger partial charge on any atom is 0.270 e. The van der Waals surface area contributed by atoms with Crippen molar-refractivity contribution in [2.45, 2.75) is 31.8 Å². The van der Waals surface area contributed by atoms with Gasteiger partial charge in [0.1, 0.15) is 5.60 Å². The third-order valence-electron chi connectivity index (χ3n) is 4.07. The summed E-state index contributed by atoms with van der Waals surface area (Å²) in [5, 5.41) is 2.32. The largest absolute Gasteiger partial charge is 0.365 e. The summed E-state index contributed by atoms with van der Waals surface area (Å²) in [6.07, 6.45) is 2.64. The van der Waals surface area contributed by atoms with Crippen molar-refractivity contribution < 1.29 is 9.53 Å². The highest BCUT2D eigenvalue weighted by Gasteiger charge is 2.45. The molecular weight excluding hydrogens is 264 g/mol. The van der Waals surface area contributed by atoms with Crippen molar-refractivity contribution in [3.8, 4) is 0 Å².